The highest BCUT2D eigenvalue weighted by Crippen LogP contribution is 2.38. The Kier molecular flexibility index (Phi) is 9.23. The number of anilines is 1. The maximum Gasteiger partial charge on any atom is 0.223 e. The van der Waals surface area contributed by atoms with E-state index in [1.165, 1.54) is 30.5 Å². The maximum atomic E-state index is 13.5. The van der Waals surface area contributed by atoms with Crippen molar-refractivity contribution in [3.8, 4) is 0 Å². The van der Waals surface area contributed by atoms with Gasteiger partial charge in [-0.1, -0.05) is 39.0 Å². The number of amides is 1. The number of aromatic nitrogens is 2. The van der Waals surface area contributed by atoms with Gasteiger partial charge < -0.3 is 20.3 Å². The van der Waals surface area contributed by atoms with Crippen molar-refractivity contribution < 1.29 is 14.3 Å². The van der Waals surface area contributed by atoms with Crippen LogP contribution in [0.4, 0.5) is 10.3 Å². The number of nitrogens with one attached hydrogen (secondary N) is 2. The van der Waals surface area contributed by atoms with Gasteiger partial charge in [0.1, 0.15) is 5.82 Å². The van der Waals surface area contributed by atoms with Crippen molar-refractivity contribution in [1.29, 1.82) is 0 Å². The molecule has 1 aliphatic heterocycles. The summed E-state index contributed by atoms with van der Waals surface area (Å²) in [7, 11) is 0. The molecule has 8 heteroatoms. The van der Waals surface area contributed by atoms with Gasteiger partial charge in [-0.25, -0.2) is 9.37 Å². The summed E-state index contributed by atoms with van der Waals surface area (Å²) in [6.45, 7) is 14.2. The molecule has 2 fully saturated rings. The van der Waals surface area contributed by atoms with Crippen LogP contribution in [0.25, 0.3) is 11.0 Å². The molecule has 1 atom stereocenters. The van der Waals surface area contributed by atoms with Gasteiger partial charge in [-0.2, -0.15) is 0 Å². The van der Waals surface area contributed by atoms with Crippen LogP contribution in [0, 0.1) is 23.1 Å². The molecule has 3 N–H and O–H groups in total. The van der Waals surface area contributed by atoms with Crippen molar-refractivity contribution in [3.63, 3.8) is 0 Å². The summed E-state index contributed by atoms with van der Waals surface area (Å²) in [6.07, 6.45) is 4.76. The lowest BCUT2D eigenvalue weighted by molar-refractivity contribution is -0.126. The number of benzene rings is 2. The number of aliphatic hydroxyl groups excluding tert-OH is 1. The minimum Gasteiger partial charge on any atom is -0.369 e. The minimum atomic E-state index is -1.03. The number of hydrogen-bond acceptors (Lipinski definition) is 5. The molecule has 1 aromatic heterocycles. The summed E-state index contributed by atoms with van der Waals surface area (Å²) in [5.74, 6) is 1.18. The average Bonchev–Trinajstić information content (AvgIpc) is 3.30. The molecule has 1 saturated carbocycles. The first-order chi connectivity index (χ1) is 20.0. The van der Waals surface area contributed by atoms with Crippen molar-refractivity contribution in [2.24, 2.45) is 17.3 Å². The molecule has 7 nitrogen and oxygen atoms in total. The van der Waals surface area contributed by atoms with Gasteiger partial charge in [0.15, 0.2) is 6.23 Å². The lowest BCUT2D eigenvalue weighted by atomic mass is 9.75. The molecule has 1 amide bonds. The van der Waals surface area contributed by atoms with Crippen LogP contribution in [0.2, 0.25) is 0 Å². The Hall–Kier alpha value is -2.97. The molecular formula is C34H48FN5O2. The number of hydrogen-bond donors (Lipinski definition) is 3. The number of rotatable bonds is 8. The summed E-state index contributed by atoms with van der Waals surface area (Å²) >= 11 is 0. The van der Waals surface area contributed by atoms with Gasteiger partial charge in [0.05, 0.1) is 11.0 Å². The van der Waals surface area contributed by atoms with Crippen LogP contribution < -0.4 is 10.6 Å². The quantitative estimate of drug-likeness (QED) is 0.257. The second-order valence-corrected chi connectivity index (χ2v) is 13.8. The highest BCUT2D eigenvalue weighted by atomic mass is 19.1. The van der Waals surface area contributed by atoms with E-state index < -0.39 is 6.23 Å². The van der Waals surface area contributed by atoms with Crippen molar-refractivity contribution in [3.05, 3.63) is 59.4 Å². The number of carbonyl (C=O) groups excluding carboxylic acids is 1. The lowest BCUT2D eigenvalue weighted by Gasteiger charge is -2.38. The molecule has 2 aromatic carbocycles. The van der Waals surface area contributed by atoms with E-state index in [0.717, 1.165) is 62.3 Å². The van der Waals surface area contributed by atoms with Crippen molar-refractivity contribution in [1.82, 2.24) is 19.8 Å². The Labute approximate surface area is 249 Å². The Morgan fingerprint density at radius 2 is 1.69 bits per heavy atom. The molecule has 1 aliphatic carbocycles. The highest BCUT2D eigenvalue weighted by molar-refractivity contribution is 5.80. The average molecular weight is 578 g/mol. The molecular weight excluding hydrogens is 529 g/mol. The largest absolute Gasteiger partial charge is 0.369 e. The van der Waals surface area contributed by atoms with Crippen LogP contribution in [0.1, 0.15) is 96.5 Å². The van der Waals surface area contributed by atoms with E-state index in [-0.39, 0.29) is 29.7 Å². The maximum absolute atomic E-state index is 13.5. The highest BCUT2D eigenvalue weighted by Gasteiger charge is 2.31. The van der Waals surface area contributed by atoms with Crippen molar-refractivity contribution in [2.45, 2.75) is 98.0 Å². The third-order valence-electron chi connectivity index (χ3n) is 9.29. The summed E-state index contributed by atoms with van der Waals surface area (Å²) in [4.78, 5) is 20.2. The molecule has 3 aromatic rings. The molecule has 228 valence electrons. The molecule has 5 rings (SSSR count). The van der Waals surface area contributed by atoms with E-state index in [0.29, 0.717) is 16.9 Å². The SMILES string of the molecule is CC(C)NC(=O)C1CCC(n2c(NC(O)c3ccc(F)cc3)nc3ccc(CN4CCC(C(C)(C)C)CC4)cc32)CC1. The summed E-state index contributed by atoms with van der Waals surface area (Å²) in [6, 6.07) is 12.7. The predicted molar refractivity (Wildman–Crippen MR) is 166 cm³/mol. The van der Waals surface area contributed by atoms with E-state index in [4.69, 9.17) is 4.98 Å². The number of carbonyl (C=O) groups is 1. The Bertz CT molecular complexity index is 1350. The second kappa shape index (κ2) is 12.7. The van der Waals surface area contributed by atoms with Crippen LogP contribution in [-0.2, 0) is 11.3 Å². The molecule has 1 unspecified atom stereocenters. The fraction of sp³-hybridized carbons (Fsp3) is 0.588. The number of likely N-dealkylation sites (tertiary alicyclic amines) is 1. The normalized spacial score (nSPS) is 21.5. The van der Waals surface area contributed by atoms with Crippen LogP contribution in [0.3, 0.4) is 0 Å². The topological polar surface area (TPSA) is 82.4 Å². The molecule has 2 aliphatic rings. The Balaban J connectivity index is 1.39. The fourth-order valence-corrected chi connectivity index (χ4v) is 6.77. The van der Waals surface area contributed by atoms with Crippen LogP contribution >= 0.6 is 0 Å². The molecule has 42 heavy (non-hydrogen) atoms. The fourth-order valence-electron chi connectivity index (χ4n) is 6.77. The van der Waals surface area contributed by atoms with Gasteiger partial charge in [0.25, 0.3) is 0 Å². The van der Waals surface area contributed by atoms with Crippen LogP contribution in [-0.4, -0.2) is 44.6 Å². The smallest absolute Gasteiger partial charge is 0.223 e. The van der Waals surface area contributed by atoms with Crippen LogP contribution in [0.5, 0.6) is 0 Å². The van der Waals surface area contributed by atoms with Gasteiger partial charge in [-0.05, 0) is 107 Å². The first kappa shape index (κ1) is 30.5. The molecule has 0 spiro atoms. The van der Waals surface area contributed by atoms with E-state index >= 15 is 0 Å². The van der Waals surface area contributed by atoms with Gasteiger partial charge in [-0.3, -0.25) is 9.69 Å². The van der Waals surface area contributed by atoms with E-state index in [1.807, 2.05) is 13.8 Å². The number of halogens is 1. The molecule has 0 bridgehead atoms. The zero-order chi connectivity index (χ0) is 30.0. The third-order valence-corrected chi connectivity index (χ3v) is 9.29. The monoisotopic (exact) mass is 577 g/mol. The van der Waals surface area contributed by atoms with Gasteiger partial charge in [0.2, 0.25) is 11.9 Å². The zero-order valence-corrected chi connectivity index (χ0v) is 25.9. The van der Waals surface area contributed by atoms with Crippen molar-refractivity contribution in [2.75, 3.05) is 18.4 Å². The van der Waals surface area contributed by atoms with E-state index in [1.54, 1.807) is 12.1 Å². The Morgan fingerprint density at radius 3 is 2.31 bits per heavy atom. The predicted octanol–water partition coefficient (Wildman–Crippen LogP) is 6.79. The first-order valence-corrected chi connectivity index (χ1v) is 15.7. The van der Waals surface area contributed by atoms with Gasteiger partial charge in [0, 0.05) is 30.1 Å². The molecule has 2 heterocycles. The summed E-state index contributed by atoms with van der Waals surface area (Å²) in [5, 5.41) is 17.3. The number of fused-ring (bicyclic) bond motifs is 1. The first-order valence-electron chi connectivity index (χ1n) is 15.7. The Morgan fingerprint density at radius 1 is 1.02 bits per heavy atom. The number of piperidine rings is 1. The van der Waals surface area contributed by atoms with E-state index in [2.05, 4.69) is 59.1 Å². The lowest BCUT2D eigenvalue weighted by Crippen LogP contribution is -2.37. The minimum absolute atomic E-state index is 0.0197. The second-order valence-electron chi connectivity index (χ2n) is 13.8. The molecule has 1 saturated heterocycles. The van der Waals surface area contributed by atoms with Gasteiger partial charge in [-0.15, -0.1) is 0 Å². The van der Waals surface area contributed by atoms with Crippen LogP contribution in [0.15, 0.2) is 42.5 Å². The molecule has 0 radical (unpaired) electrons. The number of aliphatic hydroxyl groups is 1. The number of nitrogens with zero attached hydrogens (tertiary/aromatic N) is 3. The van der Waals surface area contributed by atoms with Crippen molar-refractivity contribution >= 4 is 22.9 Å². The summed E-state index contributed by atoms with van der Waals surface area (Å²) in [5.41, 5.74) is 4.10. The third kappa shape index (κ3) is 7.14. The number of imidazole rings is 1. The zero-order valence-electron chi connectivity index (χ0n) is 25.9. The van der Waals surface area contributed by atoms with Gasteiger partial charge >= 0.3 is 0 Å². The van der Waals surface area contributed by atoms with E-state index in [9.17, 15) is 14.3 Å². The summed E-state index contributed by atoms with van der Waals surface area (Å²) < 4.78 is 15.7. The standard InChI is InChI=1S/C34H48FN5O2/c1-22(2)36-31(41)25-9-13-28(14-10-25)40-30-20-23(21-39-18-16-26(17-19-39)34(3,4)5)6-15-29(30)37-33(40)38-32(42)24-7-11-27(35)12-8-24/h6-8,11-12,15,20,22,25-26,28,32,42H,9-10,13-14,16-19,21H2,1-5H3,(H,36,41)(H,37,38).